The van der Waals surface area contributed by atoms with Crippen LogP contribution in [0.3, 0.4) is 0 Å². The lowest BCUT2D eigenvalue weighted by Crippen LogP contribution is -2.30. The third-order valence-corrected chi connectivity index (χ3v) is 13.2. The summed E-state index contributed by atoms with van der Waals surface area (Å²) >= 11 is 0. The topological polar surface area (TPSA) is 155 Å². The van der Waals surface area contributed by atoms with E-state index in [2.05, 4.69) is 106 Å². The van der Waals surface area contributed by atoms with E-state index in [0.29, 0.717) is 19.3 Å². The molecule has 0 aromatic carbocycles. The lowest BCUT2D eigenvalue weighted by Gasteiger charge is -2.21. The van der Waals surface area contributed by atoms with Gasteiger partial charge in [0, 0.05) is 19.3 Å². The minimum atomic E-state index is -4.76. The van der Waals surface area contributed by atoms with Crippen LogP contribution in [0.2, 0.25) is 0 Å². The summed E-state index contributed by atoms with van der Waals surface area (Å²) in [5.41, 5.74) is 0. The quantitative estimate of drug-likeness (QED) is 0.0197. The molecule has 0 bridgehead atoms. The second kappa shape index (κ2) is 55.9. The number of allylic oxidation sites excluding steroid dienone is 14. The first-order chi connectivity index (χ1) is 36.2. The Morgan fingerprint density at radius 3 is 1.15 bits per heavy atom. The SMILES string of the molecule is CC/C=C\C/C=C\C/C=C\C/C=C\C/C=C\CCCCCC(=O)OCC(COP(=O)(O)OCC(CO)OC(=O)CCCCCCC/C=C\C/C=C\CCC)OC(=O)CCCCCCCCCCCCCCCCC. The van der Waals surface area contributed by atoms with Crippen molar-refractivity contribution in [1.82, 2.24) is 0 Å². The van der Waals surface area contributed by atoms with Gasteiger partial charge < -0.3 is 24.2 Å². The monoisotopic (exact) mass is 1060 g/mol. The summed E-state index contributed by atoms with van der Waals surface area (Å²) in [7, 11) is -4.76. The molecule has 0 radical (unpaired) electrons. The van der Waals surface area contributed by atoms with Gasteiger partial charge in [0.2, 0.25) is 0 Å². The van der Waals surface area contributed by atoms with Gasteiger partial charge >= 0.3 is 25.7 Å². The predicted octanol–water partition coefficient (Wildman–Crippen LogP) is 17.5. The van der Waals surface area contributed by atoms with E-state index in [1.54, 1.807) is 0 Å². The van der Waals surface area contributed by atoms with Gasteiger partial charge in [-0.1, -0.05) is 228 Å². The molecule has 12 heteroatoms. The van der Waals surface area contributed by atoms with Gasteiger partial charge in [0.1, 0.15) is 12.7 Å². The van der Waals surface area contributed by atoms with Crippen molar-refractivity contribution in [3.05, 3.63) is 85.1 Å². The third-order valence-electron chi connectivity index (χ3n) is 12.3. The number of hydrogen-bond acceptors (Lipinski definition) is 10. The van der Waals surface area contributed by atoms with Crippen LogP contribution < -0.4 is 0 Å². The molecule has 0 aliphatic rings. The van der Waals surface area contributed by atoms with Gasteiger partial charge in [-0.05, 0) is 89.9 Å². The number of rotatable bonds is 54. The van der Waals surface area contributed by atoms with E-state index in [0.717, 1.165) is 122 Å². The Morgan fingerprint density at radius 1 is 0.392 bits per heavy atom. The van der Waals surface area contributed by atoms with Crippen molar-refractivity contribution in [2.24, 2.45) is 0 Å². The largest absolute Gasteiger partial charge is 0.472 e. The predicted molar refractivity (Wildman–Crippen MR) is 307 cm³/mol. The maximum Gasteiger partial charge on any atom is 0.472 e. The smallest absolute Gasteiger partial charge is 0.462 e. The van der Waals surface area contributed by atoms with Crippen molar-refractivity contribution >= 4 is 25.7 Å². The van der Waals surface area contributed by atoms with E-state index in [9.17, 15) is 28.9 Å². The van der Waals surface area contributed by atoms with E-state index in [4.69, 9.17) is 23.3 Å². The molecular formula is C62H107O11P. The maximum absolute atomic E-state index is 12.9. The lowest BCUT2D eigenvalue weighted by atomic mass is 10.0. The number of unbranched alkanes of at least 4 members (excludes halogenated alkanes) is 23. The van der Waals surface area contributed by atoms with Crippen molar-refractivity contribution in [3.63, 3.8) is 0 Å². The lowest BCUT2D eigenvalue weighted by molar-refractivity contribution is -0.161. The number of aliphatic hydroxyl groups excluding tert-OH is 1. The first-order valence-electron chi connectivity index (χ1n) is 29.5. The molecular weight excluding hydrogens is 952 g/mol. The first kappa shape index (κ1) is 70.7. The summed E-state index contributed by atoms with van der Waals surface area (Å²) in [6.07, 6.45) is 63.9. The molecule has 0 fully saturated rings. The number of esters is 3. The van der Waals surface area contributed by atoms with Crippen LogP contribution in [0.5, 0.6) is 0 Å². The van der Waals surface area contributed by atoms with Crippen LogP contribution >= 0.6 is 7.82 Å². The van der Waals surface area contributed by atoms with Crippen LogP contribution in [0.15, 0.2) is 85.1 Å². The standard InChI is InChI=1S/C62H107O11P/c1-4-7-10-13-16-19-22-25-27-28-29-30-32-34-36-39-42-45-48-51-60(64)69-55-59(73-62(66)53-50-47-44-41-38-35-31-26-23-20-17-14-11-8-5-2)57-71-74(67,68)70-56-58(54-63)72-61(65)52-49-46-43-40-37-33-24-21-18-15-12-9-6-3/h7,10,12,15-16,19,21,24-25,27,29-30,34,36,58-59,63H,4-6,8-9,11,13-14,17-18,20,22-23,26,28,31-33,35,37-57H2,1-3H3,(H,67,68)/b10-7-,15-12-,19-16-,24-21-,27-25-,30-29-,36-34-. The molecule has 0 spiro atoms. The van der Waals surface area contributed by atoms with Crippen molar-refractivity contribution in [2.45, 2.75) is 264 Å². The van der Waals surface area contributed by atoms with Crippen molar-refractivity contribution in [2.75, 3.05) is 26.4 Å². The summed E-state index contributed by atoms with van der Waals surface area (Å²) < 4.78 is 39.5. The molecule has 426 valence electrons. The molecule has 2 N–H and O–H groups in total. The van der Waals surface area contributed by atoms with Gasteiger partial charge in [-0.15, -0.1) is 0 Å². The van der Waals surface area contributed by atoms with Gasteiger partial charge in [-0.2, -0.15) is 0 Å². The summed E-state index contributed by atoms with van der Waals surface area (Å²) in [5, 5.41) is 9.81. The van der Waals surface area contributed by atoms with E-state index < -0.39 is 57.8 Å². The molecule has 0 saturated carbocycles. The minimum Gasteiger partial charge on any atom is -0.462 e. The van der Waals surface area contributed by atoms with E-state index in [-0.39, 0.29) is 25.9 Å². The Hall–Kier alpha value is -3.34. The maximum atomic E-state index is 12.9. The fourth-order valence-electron chi connectivity index (χ4n) is 7.83. The van der Waals surface area contributed by atoms with Crippen LogP contribution in [-0.2, 0) is 42.2 Å². The summed E-state index contributed by atoms with van der Waals surface area (Å²) in [6, 6.07) is 0. The average Bonchev–Trinajstić information content (AvgIpc) is 3.39. The van der Waals surface area contributed by atoms with Gasteiger partial charge in [0.05, 0.1) is 19.8 Å². The molecule has 74 heavy (non-hydrogen) atoms. The number of carbonyl (C=O) groups is 3. The normalized spacial score (nSPS) is 14.0. The van der Waals surface area contributed by atoms with Gasteiger partial charge in [-0.25, -0.2) is 4.57 Å². The fraction of sp³-hybridized carbons (Fsp3) is 0.726. The number of carbonyl (C=O) groups excluding carboxylic acids is 3. The Morgan fingerprint density at radius 2 is 0.730 bits per heavy atom. The zero-order valence-corrected chi connectivity index (χ0v) is 47.9. The average molecular weight is 1060 g/mol. The number of phosphoric ester groups is 1. The third kappa shape index (κ3) is 53.5. The van der Waals surface area contributed by atoms with Crippen molar-refractivity contribution < 1.29 is 52.2 Å². The van der Waals surface area contributed by atoms with Crippen LogP contribution in [0.25, 0.3) is 0 Å². The molecule has 0 aliphatic heterocycles. The second-order valence-electron chi connectivity index (χ2n) is 19.4. The van der Waals surface area contributed by atoms with Gasteiger partial charge in [-0.3, -0.25) is 23.4 Å². The fourth-order valence-corrected chi connectivity index (χ4v) is 8.62. The molecule has 0 aliphatic carbocycles. The Bertz CT molecular complexity index is 1560. The van der Waals surface area contributed by atoms with Crippen LogP contribution in [0, 0.1) is 0 Å². The highest BCUT2D eigenvalue weighted by Gasteiger charge is 2.28. The number of aliphatic hydroxyl groups is 1. The number of phosphoric acid groups is 1. The zero-order valence-electron chi connectivity index (χ0n) is 47.0. The van der Waals surface area contributed by atoms with E-state index in [1.165, 1.54) is 70.6 Å². The number of hydrogen-bond donors (Lipinski definition) is 2. The molecule has 0 amide bonds. The van der Waals surface area contributed by atoms with Gasteiger partial charge in [0.15, 0.2) is 6.10 Å². The highest BCUT2D eigenvalue weighted by molar-refractivity contribution is 7.47. The summed E-state index contributed by atoms with van der Waals surface area (Å²) in [6.45, 7) is 4.43. The van der Waals surface area contributed by atoms with Crippen molar-refractivity contribution in [3.8, 4) is 0 Å². The molecule has 0 saturated heterocycles. The second-order valence-corrected chi connectivity index (χ2v) is 20.9. The molecule has 3 unspecified atom stereocenters. The van der Waals surface area contributed by atoms with Crippen LogP contribution in [0.4, 0.5) is 0 Å². The first-order valence-corrected chi connectivity index (χ1v) is 31.0. The molecule has 0 aromatic heterocycles. The Balaban J connectivity index is 4.78. The van der Waals surface area contributed by atoms with Crippen LogP contribution in [0.1, 0.15) is 252 Å². The minimum absolute atomic E-state index is 0.157. The molecule has 0 rings (SSSR count). The zero-order chi connectivity index (χ0) is 54.1. The van der Waals surface area contributed by atoms with E-state index >= 15 is 0 Å². The van der Waals surface area contributed by atoms with Crippen molar-refractivity contribution in [1.29, 1.82) is 0 Å². The Labute approximate surface area is 451 Å². The molecule has 3 atom stereocenters. The van der Waals surface area contributed by atoms with E-state index in [1.807, 2.05) is 0 Å². The number of ether oxygens (including phenoxy) is 3. The van der Waals surface area contributed by atoms with Crippen LogP contribution in [-0.4, -0.2) is 66.5 Å². The van der Waals surface area contributed by atoms with Gasteiger partial charge in [0.25, 0.3) is 0 Å². The highest BCUT2D eigenvalue weighted by Crippen LogP contribution is 2.43. The summed E-state index contributed by atoms with van der Waals surface area (Å²) in [4.78, 5) is 48.6. The molecule has 0 aromatic rings. The Kier molecular flexibility index (Phi) is 53.4. The summed E-state index contributed by atoms with van der Waals surface area (Å²) in [5.74, 6) is -1.51. The molecule has 11 nitrogen and oxygen atoms in total. The highest BCUT2D eigenvalue weighted by atomic mass is 31.2. The molecule has 0 heterocycles.